The maximum Gasteiger partial charge on any atom is 0.293 e. The minimum atomic E-state index is -0.343. The Balaban J connectivity index is 1.64. The number of benzene rings is 2. The molecule has 0 unspecified atom stereocenters. The number of carbonyl (C=O) groups excluding carboxylic acids is 2. The Morgan fingerprint density at radius 1 is 1.19 bits per heavy atom. The van der Waals surface area contributed by atoms with Gasteiger partial charge in [-0.25, -0.2) is 4.39 Å². The van der Waals surface area contributed by atoms with Crippen LogP contribution >= 0.6 is 11.8 Å². The second-order valence-electron chi connectivity index (χ2n) is 9.32. The number of thioether (sulfide) groups is 1. The number of rotatable bonds is 4. The summed E-state index contributed by atoms with van der Waals surface area (Å²) in [6, 6.07) is 10.3. The monoisotopic (exact) mass is 452 g/mol. The van der Waals surface area contributed by atoms with E-state index < -0.39 is 0 Å². The topological polar surface area (TPSA) is 40.6 Å². The Labute approximate surface area is 193 Å². The number of hydrogen-bond donors (Lipinski definition) is 0. The van der Waals surface area contributed by atoms with Crippen LogP contribution in [-0.2, 0) is 11.3 Å². The molecule has 4 rings (SSSR count). The van der Waals surface area contributed by atoms with Crippen LogP contribution in [0.3, 0.4) is 0 Å². The third-order valence-corrected chi connectivity index (χ3v) is 7.41. The summed E-state index contributed by atoms with van der Waals surface area (Å²) >= 11 is 0.965. The van der Waals surface area contributed by atoms with Crippen molar-refractivity contribution in [2.75, 3.05) is 11.4 Å². The van der Waals surface area contributed by atoms with Crippen LogP contribution < -0.4 is 4.90 Å². The highest BCUT2D eigenvalue weighted by molar-refractivity contribution is 8.18. The third kappa shape index (κ3) is 4.08. The first kappa shape index (κ1) is 22.6. The average Bonchev–Trinajstić information content (AvgIpc) is 2.98. The second-order valence-corrected chi connectivity index (χ2v) is 10.3. The van der Waals surface area contributed by atoms with Crippen LogP contribution in [0.25, 0.3) is 6.08 Å². The summed E-state index contributed by atoms with van der Waals surface area (Å²) in [5, 5.41) is -0.298. The van der Waals surface area contributed by atoms with Gasteiger partial charge in [0.25, 0.3) is 11.1 Å². The molecule has 0 bridgehead atoms. The molecule has 4 nitrogen and oxygen atoms in total. The van der Waals surface area contributed by atoms with Gasteiger partial charge in [-0.15, -0.1) is 0 Å². The highest BCUT2D eigenvalue weighted by Gasteiger charge is 2.37. The summed E-state index contributed by atoms with van der Waals surface area (Å²) in [5.74, 6) is -0.236. The lowest BCUT2D eigenvalue weighted by molar-refractivity contribution is -0.123. The van der Waals surface area contributed by atoms with Gasteiger partial charge >= 0.3 is 0 Å². The van der Waals surface area contributed by atoms with Gasteiger partial charge in [-0.05, 0) is 104 Å². The molecule has 2 heterocycles. The van der Waals surface area contributed by atoms with Crippen LogP contribution in [0.4, 0.5) is 14.9 Å². The Hall–Kier alpha value is -2.60. The summed E-state index contributed by atoms with van der Waals surface area (Å²) in [7, 11) is 0. The van der Waals surface area contributed by atoms with Gasteiger partial charge in [-0.1, -0.05) is 19.1 Å². The van der Waals surface area contributed by atoms with Crippen molar-refractivity contribution < 1.29 is 14.0 Å². The lowest BCUT2D eigenvalue weighted by Crippen LogP contribution is -2.48. The van der Waals surface area contributed by atoms with Gasteiger partial charge in [-0.2, -0.15) is 0 Å². The summed E-state index contributed by atoms with van der Waals surface area (Å²) in [6.07, 6.45) is 2.90. The summed E-state index contributed by atoms with van der Waals surface area (Å²) in [4.78, 5) is 29.6. The first-order valence-corrected chi connectivity index (χ1v) is 11.8. The van der Waals surface area contributed by atoms with E-state index in [0.29, 0.717) is 10.8 Å². The van der Waals surface area contributed by atoms with E-state index in [2.05, 4.69) is 51.7 Å². The number of carbonyl (C=O) groups is 2. The van der Waals surface area contributed by atoms with Crippen molar-refractivity contribution in [1.29, 1.82) is 0 Å². The molecule has 1 fully saturated rings. The second kappa shape index (κ2) is 8.39. The zero-order valence-corrected chi connectivity index (χ0v) is 20.1. The van der Waals surface area contributed by atoms with Crippen LogP contribution in [-0.4, -0.2) is 28.1 Å². The lowest BCUT2D eigenvalue weighted by atomic mass is 9.79. The van der Waals surface area contributed by atoms with Gasteiger partial charge in [0, 0.05) is 17.8 Å². The van der Waals surface area contributed by atoms with Gasteiger partial charge in [0.2, 0.25) is 0 Å². The molecule has 2 aliphatic heterocycles. The van der Waals surface area contributed by atoms with Crippen LogP contribution in [0.15, 0.2) is 41.3 Å². The van der Waals surface area contributed by atoms with E-state index in [-0.39, 0.29) is 29.0 Å². The van der Waals surface area contributed by atoms with Crippen molar-refractivity contribution >= 4 is 34.7 Å². The Morgan fingerprint density at radius 2 is 1.88 bits per heavy atom. The minimum absolute atomic E-state index is 0.0954. The number of imide groups is 1. The first-order valence-electron chi connectivity index (χ1n) is 11.0. The molecule has 32 heavy (non-hydrogen) atoms. The molecule has 1 saturated heterocycles. The SMILES string of the molecule is CCN1c2cc(C)c(/C=C3\SC(=O)N(Cc4ccc(F)cc4)C3=O)cc2[C@H](C)CC1(C)C. The molecule has 1 atom stereocenters. The van der Waals surface area contributed by atoms with E-state index in [1.165, 1.54) is 28.3 Å². The molecule has 0 saturated carbocycles. The average molecular weight is 453 g/mol. The highest BCUT2D eigenvalue weighted by atomic mass is 32.2. The van der Waals surface area contributed by atoms with Crippen molar-refractivity contribution in [2.45, 2.75) is 59.0 Å². The van der Waals surface area contributed by atoms with Crippen molar-refractivity contribution in [3.63, 3.8) is 0 Å². The molecule has 2 amide bonds. The smallest absolute Gasteiger partial charge is 0.293 e. The zero-order valence-electron chi connectivity index (χ0n) is 19.2. The number of amides is 2. The molecule has 6 heteroatoms. The molecule has 168 valence electrons. The fourth-order valence-corrected chi connectivity index (χ4v) is 5.78. The zero-order chi connectivity index (χ0) is 23.2. The van der Waals surface area contributed by atoms with Crippen molar-refractivity contribution in [2.24, 2.45) is 0 Å². The molecule has 0 N–H and O–H groups in total. The number of hydrogen-bond acceptors (Lipinski definition) is 4. The van der Waals surface area contributed by atoms with E-state index in [4.69, 9.17) is 0 Å². The minimum Gasteiger partial charge on any atom is -0.366 e. The fraction of sp³-hybridized carbons (Fsp3) is 0.385. The summed E-state index contributed by atoms with van der Waals surface area (Å²) in [6.45, 7) is 12.1. The molecule has 0 spiro atoms. The van der Waals surface area contributed by atoms with Gasteiger partial charge < -0.3 is 4.90 Å². The van der Waals surface area contributed by atoms with E-state index in [9.17, 15) is 14.0 Å². The maximum atomic E-state index is 13.2. The van der Waals surface area contributed by atoms with Gasteiger partial charge in [-0.3, -0.25) is 14.5 Å². The van der Waals surface area contributed by atoms with Gasteiger partial charge in [0.1, 0.15) is 5.82 Å². The van der Waals surface area contributed by atoms with Gasteiger partial charge in [0.05, 0.1) is 11.4 Å². The molecule has 0 radical (unpaired) electrons. The molecule has 2 aliphatic rings. The normalized spacial score (nSPS) is 21.4. The highest BCUT2D eigenvalue weighted by Crippen LogP contribution is 2.45. The van der Waals surface area contributed by atoms with Crippen LogP contribution in [0.5, 0.6) is 0 Å². The van der Waals surface area contributed by atoms with Gasteiger partial charge in [0.15, 0.2) is 0 Å². The van der Waals surface area contributed by atoms with Crippen molar-refractivity contribution in [3.05, 3.63) is 69.4 Å². The summed E-state index contributed by atoms with van der Waals surface area (Å²) in [5.41, 5.74) is 5.41. The third-order valence-electron chi connectivity index (χ3n) is 6.50. The predicted molar refractivity (Wildman–Crippen MR) is 129 cm³/mol. The standard InChI is InChI=1S/C26H29FN2O2S/c1-6-29-22-11-16(2)19(12-21(22)17(3)14-26(29,4)5)13-23-24(30)28(25(31)32-23)15-18-7-9-20(27)10-8-18/h7-13,17H,6,14-15H2,1-5H3/b23-13-/t17-/m1/s1. The molecule has 0 aromatic heterocycles. The molecular formula is C26H29FN2O2S. The van der Waals surface area contributed by atoms with Crippen LogP contribution in [0, 0.1) is 12.7 Å². The molecule has 2 aromatic rings. The first-order chi connectivity index (χ1) is 15.1. The van der Waals surface area contributed by atoms with E-state index >= 15 is 0 Å². The number of halogens is 1. The Bertz CT molecular complexity index is 1110. The predicted octanol–water partition coefficient (Wildman–Crippen LogP) is 6.48. The maximum absolute atomic E-state index is 13.2. The summed E-state index contributed by atoms with van der Waals surface area (Å²) < 4.78 is 13.2. The number of fused-ring (bicyclic) bond motifs is 1. The number of nitrogens with zero attached hydrogens (tertiary/aromatic N) is 2. The van der Waals surface area contributed by atoms with E-state index in [1.807, 2.05) is 6.08 Å². The van der Waals surface area contributed by atoms with Crippen molar-refractivity contribution in [3.8, 4) is 0 Å². The fourth-order valence-electron chi connectivity index (χ4n) is 4.95. The molecule has 0 aliphatic carbocycles. The molecule has 2 aromatic carbocycles. The van der Waals surface area contributed by atoms with E-state index in [1.54, 1.807) is 12.1 Å². The van der Waals surface area contributed by atoms with E-state index in [0.717, 1.165) is 41.4 Å². The van der Waals surface area contributed by atoms with Crippen LogP contribution in [0.1, 0.15) is 62.3 Å². The largest absolute Gasteiger partial charge is 0.366 e. The van der Waals surface area contributed by atoms with Crippen molar-refractivity contribution in [1.82, 2.24) is 4.90 Å². The lowest BCUT2D eigenvalue weighted by Gasteiger charge is -2.47. The Kier molecular flexibility index (Phi) is 5.93. The number of aryl methyl sites for hydroxylation is 1. The number of anilines is 1. The quantitative estimate of drug-likeness (QED) is 0.498. The Morgan fingerprint density at radius 3 is 2.53 bits per heavy atom. The van der Waals surface area contributed by atoms with Crippen LogP contribution in [0.2, 0.25) is 0 Å². The molecular weight excluding hydrogens is 423 g/mol.